The molecule has 3 aliphatic rings. The molecule has 0 spiro atoms. The third-order valence-electron chi connectivity index (χ3n) is 4.57. The second kappa shape index (κ2) is 4.27. The van der Waals surface area contributed by atoms with Crippen LogP contribution in [0.1, 0.15) is 6.92 Å². The van der Waals surface area contributed by atoms with Crippen LogP contribution in [0.15, 0.2) is 36.4 Å². The van der Waals surface area contributed by atoms with Crippen molar-refractivity contribution in [2.24, 2.45) is 11.8 Å². The summed E-state index contributed by atoms with van der Waals surface area (Å²) < 4.78 is 11.4. The van der Waals surface area contributed by atoms with Crippen LogP contribution in [-0.2, 0) is 4.74 Å². The SMILES string of the molecule is CCOc1ccc(N2CC3C4C=CC(O4)C3C2)cc1. The first-order valence-electron chi connectivity index (χ1n) is 7.17. The van der Waals surface area contributed by atoms with Gasteiger partial charge in [0.2, 0.25) is 0 Å². The number of hydrogen-bond acceptors (Lipinski definition) is 3. The molecule has 1 aromatic rings. The van der Waals surface area contributed by atoms with Gasteiger partial charge in [-0.05, 0) is 31.2 Å². The van der Waals surface area contributed by atoms with Gasteiger partial charge in [-0.3, -0.25) is 0 Å². The molecule has 4 unspecified atom stereocenters. The maximum Gasteiger partial charge on any atom is 0.119 e. The van der Waals surface area contributed by atoms with Crippen molar-refractivity contribution in [3.8, 4) is 5.75 Å². The molecule has 4 rings (SSSR count). The van der Waals surface area contributed by atoms with Crippen LogP contribution in [0.4, 0.5) is 5.69 Å². The van der Waals surface area contributed by atoms with Crippen LogP contribution in [0.5, 0.6) is 5.75 Å². The first kappa shape index (κ1) is 11.4. The fourth-order valence-corrected chi connectivity index (χ4v) is 3.66. The zero-order valence-electron chi connectivity index (χ0n) is 11.2. The highest BCUT2D eigenvalue weighted by atomic mass is 16.5. The molecular weight excluding hydrogens is 238 g/mol. The zero-order chi connectivity index (χ0) is 12.8. The van der Waals surface area contributed by atoms with Gasteiger partial charge in [-0.15, -0.1) is 0 Å². The summed E-state index contributed by atoms with van der Waals surface area (Å²) in [6, 6.07) is 8.47. The van der Waals surface area contributed by atoms with Crippen LogP contribution in [0.2, 0.25) is 0 Å². The Morgan fingerprint density at radius 2 is 1.74 bits per heavy atom. The molecule has 4 atom stereocenters. The lowest BCUT2D eigenvalue weighted by Crippen LogP contribution is -2.24. The standard InChI is InChI=1S/C16H19NO2/c1-2-18-12-5-3-11(4-6-12)17-9-13-14(10-17)16-8-7-15(13)19-16/h3-8,13-16H,2,9-10H2,1H3. The molecule has 0 radical (unpaired) electrons. The molecule has 0 saturated carbocycles. The summed E-state index contributed by atoms with van der Waals surface area (Å²) >= 11 is 0. The minimum absolute atomic E-state index is 0.364. The van der Waals surface area contributed by atoms with Gasteiger partial charge in [0.15, 0.2) is 0 Å². The van der Waals surface area contributed by atoms with Crippen molar-refractivity contribution in [3.63, 3.8) is 0 Å². The minimum Gasteiger partial charge on any atom is -0.494 e. The van der Waals surface area contributed by atoms with Crippen LogP contribution in [0, 0.1) is 11.8 Å². The van der Waals surface area contributed by atoms with Gasteiger partial charge in [-0.25, -0.2) is 0 Å². The molecule has 3 heteroatoms. The van der Waals surface area contributed by atoms with Gasteiger partial charge >= 0.3 is 0 Å². The normalized spacial score (nSPS) is 34.9. The third kappa shape index (κ3) is 1.76. The Bertz CT molecular complexity index is 476. The Morgan fingerprint density at radius 1 is 1.11 bits per heavy atom. The van der Waals surface area contributed by atoms with Gasteiger partial charge in [0.05, 0.1) is 18.8 Å². The summed E-state index contributed by atoms with van der Waals surface area (Å²) in [5.41, 5.74) is 1.30. The minimum atomic E-state index is 0.364. The summed E-state index contributed by atoms with van der Waals surface area (Å²) in [5.74, 6) is 2.32. The van der Waals surface area contributed by atoms with E-state index < -0.39 is 0 Å². The van der Waals surface area contributed by atoms with Crippen molar-refractivity contribution in [2.45, 2.75) is 19.1 Å². The van der Waals surface area contributed by atoms with Crippen LogP contribution in [0.3, 0.4) is 0 Å². The van der Waals surface area contributed by atoms with Crippen molar-refractivity contribution in [2.75, 3.05) is 24.6 Å². The van der Waals surface area contributed by atoms with Crippen molar-refractivity contribution in [3.05, 3.63) is 36.4 Å². The number of anilines is 1. The lowest BCUT2D eigenvalue weighted by atomic mass is 9.86. The number of nitrogens with zero attached hydrogens (tertiary/aromatic N) is 1. The summed E-state index contributed by atoms with van der Waals surface area (Å²) in [7, 11) is 0. The van der Waals surface area contributed by atoms with Crippen LogP contribution >= 0.6 is 0 Å². The predicted octanol–water partition coefficient (Wildman–Crippen LogP) is 2.47. The van der Waals surface area contributed by atoms with E-state index in [4.69, 9.17) is 9.47 Å². The van der Waals surface area contributed by atoms with Gasteiger partial charge in [0.1, 0.15) is 5.75 Å². The summed E-state index contributed by atoms with van der Waals surface area (Å²) in [6.45, 7) is 4.96. The van der Waals surface area contributed by atoms with E-state index in [2.05, 4.69) is 41.3 Å². The Morgan fingerprint density at radius 3 is 2.32 bits per heavy atom. The van der Waals surface area contributed by atoms with E-state index in [9.17, 15) is 0 Å². The number of ether oxygens (including phenoxy) is 2. The van der Waals surface area contributed by atoms with E-state index in [1.165, 1.54) is 5.69 Å². The number of hydrogen-bond donors (Lipinski definition) is 0. The zero-order valence-corrected chi connectivity index (χ0v) is 11.2. The molecule has 0 aromatic heterocycles. The summed E-state index contributed by atoms with van der Waals surface area (Å²) in [5, 5.41) is 0. The first-order chi connectivity index (χ1) is 9.35. The van der Waals surface area contributed by atoms with E-state index in [1.807, 2.05) is 6.92 Å². The second-order valence-electron chi connectivity index (χ2n) is 5.61. The predicted molar refractivity (Wildman–Crippen MR) is 74.6 cm³/mol. The Balaban J connectivity index is 1.50. The second-order valence-corrected chi connectivity index (χ2v) is 5.61. The largest absolute Gasteiger partial charge is 0.494 e. The summed E-state index contributed by atoms with van der Waals surface area (Å²) in [6.07, 6.45) is 5.21. The molecule has 2 saturated heterocycles. The Labute approximate surface area is 113 Å². The quantitative estimate of drug-likeness (QED) is 0.776. The van der Waals surface area contributed by atoms with Gasteiger partial charge in [0.25, 0.3) is 0 Å². The van der Waals surface area contributed by atoms with Crippen LogP contribution in [0.25, 0.3) is 0 Å². The molecular formula is C16H19NO2. The molecule has 0 N–H and O–H groups in total. The Hall–Kier alpha value is -1.48. The average Bonchev–Trinajstić information content (AvgIpc) is 3.12. The van der Waals surface area contributed by atoms with E-state index in [0.717, 1.165) is 25.4 Å². The van der Waals surface area contributed by atoms with Gasteiger partial charge in [-0.1, -0.05) is 12.2 Å². The number of fused-ring (bicyclic) bond motifs is 5. The van der Waals surface area contributed by atoms with Gasteiger partial charge < -0.3 is 14.4 Å². The first-order valence-corrected chi connectivity index (χ1v) is 7.17. The Kier molecular flexibility index (Phi) is 2.55. The topological polar surface area (TPSA) is 21.7 Å². The van der Waals surface area contributed by atoms with E-state index >= 15 is 0 Å². The number of rotatable bonds is 3. The molecule has 3 nitrogen and oxygen atoms in total. The molecule has 3 heterocycles. The van der Waals surface area contributed by atoms with Crippen molar-refractivity contribution in [1.29, 1.82) is 0 Å². The van der Waals surface area contributed by atoms with E-state index in [1.54, 1.807) is 0 Å². The van der Waals surface area contributed by atoms with Crippen molar-refractivity contribution >= 4 is 5.69 Å². The smallest absolute Gasteiger partial charge is 0.119 e. The monoisotopic (exact) mass is 257 g/mol. The average molecular weight is 257 g/mol. The maximum absolute atomic E-state index is 5.92. The molecule has 3 aliphatic heterocycles. The molecule has 0 amide bonds. The maximum atomic E-state index is 5.92. The highest BCUT2D eigenvalue weighted by molar-refractivity contribution is 5.51. The molecule has 2 fully saturated rings. The van der Waals surface area contributed by atoms with E-state index in [0.29, 0.717) is 24.0 Å². The molecule has 0 aliphatic carbocycles. The molecule has 2 bridgehead atoms. The van der Waals surface area contributed by atoms with Gasteiger partial charge in [-0.2, -0.15) is 0 Å². The summed E-state index contributed by atoms with van der Waals surface area (Å²) in [4.78, 5) is 2.49. The van der Waals surface area contributed by atoms with Crippen molar-refractivity contribution in [1.82, 2.24) is 0 Å². The van der Waals surface area contributed by atoms with Crippen LogP contribution in [-0.4, -0.2) is 31.9 Å². The third-order valence-corrected chi connectivity index (χ3v) is 4.57. The highest BCUT2D eigenvalue weighted by Gasteiger charge is 2.50. The van der Waals surface area contributed by atoms with Crippen LogP contribution < -0.4 is 9.64 Å². The fraction of sp³-hybridized carbons (Fsp3) is 0.500. The van der Waals surface area contributed by atoms with Crippen molar-refractivity contribution < 1.29 is 9.47 Å². The van der Waals surface area contributed by atoms with E-state index in [-0.39, 0.29) is 0 Å². The molecule has 100 valence electrons. The molecule has 1 aromatic carbocycles. The highest BCUT2D eigenvalue weighted by Crippen LogP contribution is 2.44. The molecule has 19 heavy (non-hydrogen) atoms. The fourth-order valence-electron chi connectivity index (χ4n) is 3.66. The lowest BCUT2D eigenvalue weighted by molar-refractivity contribution is 0.100. The number of benzene rings is 1. The van der Waals surface area contributed by atoms with Gasteiger partial charge in [0, 0.05) is 30.6 Å². The lowest BCUT2D eigenvalue weighted by Gasteiger charge is -2.21.